The van der Waals surface area contributed by atoms with Crippen molar-refractivity contribution in [2.45, 2.75) is 25.8 Å². The summed E-state index contributed by atoms with van der Waals surface area (Å²) in [6.45, 7) is 5.46. The molecular weight excluding hydrogens is 264 g/mol. The number of rotatable bonds is 5. The molecule has 1 aromatic carbocycles. The standard InChI is InChI=1S/C16H22N4O/c1-2-16-18-15(19-21-16)11-20-9-13(8-17)14(10-20)12-6-4-3-5-7-12/h3-7,13-14H,2,8-11,17H2,1H3/t13-,14+/m1/s1. The second-order valence-electron chi connectivity index (χ2n) is 5.66. The monoisotopic (exact) mass is 286 g/mol. The summed E-state index contributed by atoms with van der Waals surface area (Å²) in [6.07, 6.45) is 0.783. The van der Waals surface area contributed by atoms with Gasteiger partial charge >= 0.3 is 0 Å². The van der Waals surface area contributed by atoms with Gasteiger partial charge in [-0.1, -0.05) is 42.4 Å². The van der Waals surface area contributed by atoms with E-state index in [0.29, 0.717) is 24.3 Å². The first-order chi connectivity index (χ1) is 10.3. The van der Waals surface area contributed by atoms with Gasteiger partial charge in [-0.2, -0.15) is 4.98 Å². The van der Waals surface area contributed by atoms with Crippen LogP contribution in [-0.2, 0) is 13.0 Å². The summed E-state index contributed by atoms with van der Waals surface area (Å²) in [7, 11) is 0. The molecule has 112 valence electrons. The Hall–Kier alpha value is -1.72. The van der Waals surface area contributed by atoms with E-state index in [9.17, 15) is 0 Å². The average molecular weight is 286 g/mol. The number of nitrogens with zero attached hydrogens (tertiary/aromatic N) is 3. The largest absolute Gasteiger partial charge is 0.339 e. The molecule has 5 heteroatoms. The minimum absolute atomic E-state index is 0.491. The fraction of sp³-hybridized carbons (Fsp3) is 0.500. The Bertz CT molecular complexity index is 569. The summed E-state index contributed by atoms with van der Waals surface area (Å²) in [6, 6.07) is 10.6. The van der Waals surface area contributed by atoms with Crippen LogP contribution in [0.25, 0.3) is 0 Å². The van der Waals surface area contributed by atoms with Crippen molar-refractivity contribution in [1.82, 2.24) is 15.0 Å². The zero-order valence-electron chi connectivity index (χ0n) is 12.4. The summed E-state index contributed by atoms with van der Waals surface area (Å²) in [5, 5.41) is 4.04. The maximum atomic E-state index is 5.97. The topological polar surface area (TPSA) is 68.2 Å². The summed E-state index contributed by atoms with van der Waals surface area (Å²) in [5.41, 5.74) is 7.34. The fourth-order valence-electron chi connectivity index (χ4n) is 3.10. The first-order valence-electron chi connectivity index (χ1n) is 7.59. The lowest BCUT2D eigenvalue weighted by molar-refractivity contribution is 0.298. The Morgan fingerprint density at radius 1 is 1.29 bits per heavy atom. The number of nitrogens with two attached hydrogens (primary N) is 1. The van der Waals surface area contributed by atoms with Crippen molar-refractivity contribution >= 4 is 0 Å². The van der Waals surface area contributed by atoms with Crippen LogP contribution in [0.15, 0.2) is 34.9 Å². The number of likely N-dealkylation sites (tertiary alicyclic amines) is 1. The van der Waals surface area contributed by atoms with Crippen LogP contribution in [-0.4, -0.2) is 34.7 Å². The SMILES string of the molecule is CCc1nc(CN2C[C@@H](CN)[C@H](c3ccccc3)C2)no1. The Balaban J connectivity index is 1.69. The molecule has 0 bridgehead atoms. The maximum absolute atomic E-state index is 5.97. The quantitative estimate of drug-likeness (QED) is 0.908. The van der Waals surface area contributed by atoms with E-state index in [1.54, 1.807) is 0 Å². The van der Waals surface area contributed by atoms with E-state index in [0.717, 1.165) is 31.9 Å². The number of benzene rings is 1. The third-order valence-corrected chi connectivity index (χ3v) is 4.22. The Morgan fingerprint density at radius 2 is 2.10 bits per heavy atom. The van der Waals surface area contributed by atoms with Crippen LogP contribution in [0.5, 0.6) is 0 Å². The molecule has 0 aliphatic carbocycles. The molecule has 0 spiro atoms. The molecule has 5 nitrogen and oxygen atoms in total. The van der Waals surface area contributed by atoms with E-state index < -0.39 is 0 Å². The van der Waals surface area contributed by atoms with E-state index in [4.69, 9.17) is 10.3 Å². The first kappa shape index (κ1) is 14.2. The van der Waals surface area contributed by atoms with Crippen LogP contribution in [0.1, 0.15) is 30.1 Å². The van der Waals surface area contributed by atoms with Gasteiger partial charge in [0.1, 0.15) is 0 Å². The summed E-state index contributed by atoms with van der Waals surface area (Å²) >= 11 is 0. The third-order valence-electron chi connectivity index (χ3n) is 4.22. The van der Waals surface area contributed by atoms with Crippen LogP contribution >= 0.6 is 0 Å². The molecule has 2 aromatic rings. The fourth-order valence-corrected chi connectivity index (χ4v) is 3.10. The molecule has 1 saturated heterocycles. The van der Waals surface area contributed by atoms with Crippen LogP contribution < -0.4 is 5.73 Å². The molecule has 0 radical (unpaired) electrons. The van der Waals surface area contributed by atoms with Gasteiger partial charge in [0.25, 0.3) is 0 Å². The zero-order chi connectivity index (χ0) is 14.7. The minimum Gasteiger partial charge on any atom is -0.339 e. The minimum atomic E-state index is 0.491. The van der Waals surface area contributed by atoms with E-state index in [1.165, 1.54) is 5.56 Å². The first-order valence-corrected chi connectivity index (χ1v) is 7.59. The molecule has 1 aliphatic rings. The second kappa shape index (κ2) is 6.37. The molecule has 0 amide bonds. The molecule has 3 rings (SSSR count). The predicted molar refractivity (Wildman–Crippen MR) is 80.7 cm³/mol. The van der Waals surface area contributed by atoms with Crippen molar-refractivity contribution in [3.05, 3.63) is 47.6 Å². The van der Waals surface area contributed by atoms with Crippen molar-refractivity contribution in [3.8, 4) is 0 Å². The van der Waals surface area contributed by atoms with Gasteiger partial charge in [-0.05, 0) is 18.0 Å². The van der Waals surface area contributed by atoms with Crippen molar-refractivity contribution < 1.29 is 4.52 Å². The van der Waals surface area contributed by atoms with E-state index in [-0.39, 0.29) is 0 Å². The summed E-state index contributed by atoms with van der Waals surface area (Å²) in [4.78, 5) is 6.76. The molecule has 0 unspecified atom stereocenters. The molecule has 1 aromatic heterocycles. The van der Waals surface area contributed by atoms with Gasteiger partial charge in [0.05, 0.1) is 6.54 Å². The highest BCUT2D eigenvalue weighted by Crippen LogP contribution is 2.32. The van der Waals surface area contributed by atoms with Crippen LogP contribution in [0.2, 0.25) is 0 Å². The lowest BCUT2D eigenvalue weighted by Gasteiger charge is -2.16. The lowest BCUT2D eigenvalue weighted by Crippen LogP contribution is -2.23. The Morgan fingerprint density at radius 3 is 2.76 bits per heavy atom. The lowest BCUT2D eigenvalue weighted by atomic mass is 9.89. The number of hydrogen-bond donors (Lipinski definition) is 1. The van der Waals surface area contributed by atoms with Crippen molar-refractivity contribution in [1.29, 1.82) is 0 Å². The molecule has 1 fully saturated rings. The Kier molecular flexibility index (Phi) is 4.31. The molecule has 2 atom stereocenters. The zero-order valence-corrected chi connectivity index (χ0v) is 12.4. The number of aryl methyl sites for hydroxylation is 1. The summed E-state index contributed by atoms with van der Waals surface area (Å²) < 4.78 is 5.18. The van der Waals surface area contributed by atoms with E-state index in [1.807, 2.05) is 6.92 Å². The molecule has 2 N–H and O–H groups in total. The highest BCUT2D eigenvalue weighted by Gasteiger charge is 2.33. The summed E-state index contributed by atoms with van der Waals surface area (Å²) in [5.74, 6) is 2.47. The van der Waals surface area contributed by atoms with Gasteiger partial charge in [0.2, 0.25) is 5.89 Å². The van der Waals surface area contributed by atoms with Gasteiger partial charge in [0.15, 0.2) is 5.82 Å². The van der Waals surface area contributed by atoms with Gasteiger partial charge in [-0.15, -0.1) is 0 Å². The van der Waals surface area contributed by atoms with Crippen molar-refractivity contribution in [2.24, 2.45) is 11.7 Å². The molecular formula is C16H22N4O. The smallest absolute Gasteiger partial charge is 0.226 e. The van der Waals surface area contributed by atoms with Crippen molar-refractivity contribution in [2.75, 3.05) is 19.6 Å². The Labute approximate surface area is 125 Å². The van der Waals surface area contributed by atoms with Gasteiger partial charge in [-0.25, -0.2) is 0 Å². The highest BCUT2D eigenvalue weighted by atomic mass is 16.5. The molecule has 21 heavy (non-hydrogen) atoms. The maximum Gasteiger partial charge on any atom is 0.226 e. The van der Waals surface area contributed by atoms with Crippen LogP contribution in [0, 0.1) is 5.92 Å². The second-order valence-corrected chi connectivity index (χ2v) is 5.66. The molecule has 0 saturated carbocycles. The van der Waals surface area contributed by atoms with Gasteiger partial charge < -0.3 is 10.3 Å². The molecule has 2 heterocycles. The van der Waals surface area contributed by atoms with Crippen LogP contribution in [0.4, 0.5) is 0 Å². The average Bonchev–Trinajstić information content (AvgIpc) is 3.15. The number of hydrogen-bond acceptors (Lipinski definition) is 5. The number of aromatic nitrogens is 2. The molecule has 1 aliphatic heterocycles. The van der Waals surface area contributed by atoms with E-state index >= 15 is 0 Å². The predicted octanol–water partition coefficient (Wildman–Crippen LogP) is 1.81. The third kappa shape index (κ3) is 3.14. The normalized spacial score (nSPS) is 22.8. The van der Waals surface area contributed by atoms with Gasteiger partial charge in [-0.3, -0.25) is 4.90 Å². The van der Waals surface area contributed by atoms with Crippen LogP contribution in [0.3, 0.4) is 0 Å². The highest BCUT2D eigenvalue weighted by molar-refractivity contribution is 5.22. The van der Waals surface area contributed by atoms with E-state index in [2.05, 4.69) is 45.4 Å². The van der Waals surface area contributed by atoms with Gasteiger partial charge in [0, 0.05) is 25.4 Å². The van der Waals surface area contributed by atoms with Crippen molar-refractivity contribution in [3.63, 3.8) is 0 Å².